The molecule has 0 bridgehead atoms. The molecule has 1 fully saturated rings. The van der Waals surface area contributed by atoms with E-state index < -0.39 is 10.0 Å². The number of hydrogen-bond donors (Lipinski definition) is 1. The fraction of sp³-hybridized carbons (Fsp3) is 0.750. The van der Waals surface area contributed by atoms with Gasteiger partial charge in [-0.25, -0.2) is 13.1 Å². The zero-order valence-corrected chi connectivity index (χ0v) is 8.14. The Labute approximate surface area is 78.7 Å². The monoisotopic (exact) mass is 203 g/mol. The summed E-state index contributed by atoms with van der Waals surface area (Å²) in [5.41, 5.74) is 0. The van der Waals surface area contributed by atoms with Crippen LogP contribution < -0.4 is 4.72 Å². The molecule has 0 spiro atoms. The molecule has 13 heavy (non-hydrogen) atoms. The first kappa shape index (κ1) is 10.5. The first-order valence-corrected chi connectivity index (χ1v) is 5.82. The second kappa shape index (κ2) is 4.61. The molecule has 1 aliphatic heterocycles. The fourth-order valence-corrected chi connectivity index (χ4v) is 2.40. The van der Waals surface area contributed by atoms with E-state index >= 15 is 0 Å². The van der Waals surface area contributed by atoms with E-state index in [0.29, 0.717) is 6.61 Å². The lowest BCUT2D eigenvalue weighted by Crippen LogP contribution is -2.32. The Morgan fingerprint density at radius 1 is 1.62 bits per heavy atom. The van der Waals surface area contributed by atoms with Crippen LogP contribution in [-0.4, -0.2) is 33.4 Å². The summed E-state index contributed by atoms with van der Waals surface area (Å²) in [5.74, 6) is 2.24. The van der Waals surface area contributed by atoms with Crippen LogP contribution in [0.4, 0.5) is 0 Å². The van der Waals surface area contributed by atoms with Crippen molar-refractivity contribution in [1.82, 2.24) is 4.72 Å². The van der Waals surface area contributed by atoms with Gasteiger partial charge in [0.2, 0.25) is 10.0 Å². The fourth-order valence-electron chi connectivity index (χ4n) is 1.23. The molecule has 1 heterocycles. The van der Waals surface area contributed by atoms with Gasteiger partial charge in [0, 0.05) is 6.61 Å². The van der Waals surface area contributed by atoms with Crippen molar-refractivity contribution in [3.8, 4) is 12.3 Å². The highest BCUT2D eigenvalue weighted by Gasteiger charge is 2.22. The van der Waals surface area contributed by atoms with Crippen molar-refractivity contribution in [3.05, 3.63) is 0 Å². The molecule has 1 saturated heterocycles. The molecule has 0 aromatic heterocycles. The molecule has 0 amide bonds. The van der Waals surface area contributed by atoms with Crippen LogP contribution in [0, 0.1) is 12.3 Å². The highest BCUT2D eigenvalue weighted by Crippen LogP contribution is 2.13. The third-order valence-electron chi connectivity index (χ3n) is 1.82. The number of nitrogens with one attached hydrogen (secondary N) is 1. The van der Waals surface area contributed by atoms with E-state index in [0.717, 1.165) is 12.8 Å². The van der Waals surface area contributed by atoms with Gasteiger partial charge in [-0.2, -0.15) is 0 Å². The Hall–Kier alpha value is -0.570. The van der Waals surface area contributed by atoms with Gasteiger partial charge in [0.1, 0.15) is 0 Å². The predicted molar refractivity (Wildman–Crippen MR) is 49.6 cm³/mol. The van der Waals surface area contributed by atoms with Crippen molar-refractivity contribution in [2.45, 2.75) is 18.9 Å². The highest BCUT2D eigenvalue weighted by atomic mass is 32.2. The number of hydrogen-bond acceptors (Lipinski definition) is 3. The summed E-state index contributed by atoms with van der Waals surface area (Å²) in [6.07, 6.45) is 6.53. The molecule has 74 valence electrons. The summed E-state index contributed by atoms with van der Waals surface area (Å²) < 4.78 is 30.0. The van der Waals surface area contributed by atoms with E-state index in [9.17, 15) is 8.42 Å². The van der Waals surface area contributed by atoms with E-state index in [4.69, 9.17) is 11.2 Å². The van der Waals surface area contributed by atoms with Gasteiger partial charge in [0.05, 0.1) is 18.4 Å². The van der Waals surface area contributed by atoms with Crippen molar-refractivity contribution >= 4 is 10.0 Å². The first-order chi connectivity index (χ1) is 6.14. The smallest absolute Gasteiger partial charge is 0.215 e. The van der Waals surface area contributed by atoms with Crippen LogP contribution in [-0.2, 0) is 14.8 Å². The van der Waals surface area contributed by atoms with E-state index in [1.807, 2.05) is 0 Å². The van der Waals surface area contributed by atoms with Gasteiger partial charge in [-0.3, -0.25) is 0 Å². The molecule has 4 nitrogen and oxygen atoms in total. The molecular formula is C8H13NO3S. The molecule has 0 aliphatic carbocycles. The van der Waals surface area contributed by atoms with Crippen LogP contribution in [0.5, 0.6) is 0 Å². The average Bonchev–Trinajstić information content (AvgIpc) is 2.52. The van der Waals surface area contributed by atoms with E-state index in [1.165, 1.54) is 0 Å². The van der Waals surface area contributed by atoms with Crippen LogP contribution in [0.1, 0.15) is 12.8 Å². The Bertz CT molecular complexity index is 285. The largest absolute Gasteiger partial charge is 0.377 e. The Balaban J connectivity index is 2.37. The summed E-state index contributed by atoms with van der Waals surface area (Å²) in [6, 6.07) is 0. The van der Waals surface area contributed by atoms with Gasteiger partial charge in [-0.15, -0.1) is 6.42 Å². The third-order valence-corrected chi connectivity index (χ3v) is 3.22. The van der Waals surface area contributed by atoms with E-state index in [2.05, 4.69) is 10.6 Å². The molecule has 0 aromatic rings. The zero-order valence-electron chi connectivity index (χ0n) is 7.32. The highest BCUT2D eigenvalue weighted by molar-refractivity contribution is 7.89. The molecule has 0 aromatic carbocycles. The SMILES string of the molecule is C#CCNS(=O)(=O)CC1CCCO1. The number of ether oxygens (including phenoxy) is 1. The Morgan fingerprint density at radius 3 is 2.92 bits per heavy atom. The molecule has 1 aliphatic rings. The van der Waals surface area contributed by atoms with Crippen molar-refractivity contribution in [2.24, 2.45) is 0 Å². The number of terminal acetylenes is 1. The van der Waals surface area contributed by atoms with Crippen LogP contribution in [0.25, 0.3) is 0 Å². The normalized spacial score (nSPS) is 22.8. The van der Waals surface area contributed by atoms with Crippen LogP contribution in [0.2, 0.25) is 0 Å². The standard InChI is InChI=1S/C8H13NO3S/c1-2-5-9-13(10,11)7-8-4-3-6-12-8/h1,8-9H,3-7H2. The number of sulfonamides is 1. The van der Waals surface area contributed by atoms with Gasteiger partial charge in [0.25, 0.3) is 0 Å². The van der Waals surface area contributed by atoms with E-state index in [-0.39, 0.29) is 18.4 Å². The minimum absolute atomic E-state index is 0.0225. The van der Waals surface area contributed by atoms with Gasteiger partial charge < -0.3 is 4.74 Å². The van der Waals surface area contributed by atoms with Crippen molar-refractivity contribution in [2.75, 3.05) is 18.9 Å². The van der Waals surface area contributed by atoms with E-state index in [1.54, 1.807) is 0 Å². The van der Waals surface area contributed by atoms with Crippen molar-refractivity contribution < 1.29 is 13.2 Å². The minimum atomic E-state index is -3.24. The molecular weight excluding hydrogens is 190 g/mol. The molecule has 1 unspecified atom stereocenters. The average molecular weight is 203 g/mol. The van der Waals surface area contributed by atoms with Gasteiger partial charge >= 0.3 is 0 Å². The van der Waals surface area contributed by atoms with Crippen molar-refractivity contribution in [1.29, 1.82) is 0 Å². The predicted octanol–water partition coefficient (Wildman–Crippen LogP) is -0.282. The topological polar surface area (TPSA) is 55.4 Å². The summed E-state index contributed by atoms with van der Waals surface area (Å²) >= 11 is 0. The Morgan fingerprint density at radius 2 is 2.38 bits per heavy atom. The van der Waals surface area contributed by atoms with Gasteiger partial charge in [-0.05, 0) is 12.8 Å². The maximum Gasteiger partial charge on any atom is 0.215 e. The second-order valence-corrected chi connectivity index (χ2v) is 4.79. The third kappa shape index (κ3) is 3.77. The molecule has 0 radical (unpaired) electrons. The summed E-state index contributed by atoms with van der Waals surface area (Å²) in [7, 11) is -3.24. The molecule has 1 N–H and O–H groups in total. The summed E-state index contributed by atoms with van der Waals surface area (Å²) in [4.78, 5) is 0. The molecule has 5 heteroatoms. The van der Waals surface area contributed by atoms with Crippen LogP contribution in [0.3, 0.4) is 0 Å². The quantitative estimate of drug-likeness (QED) is 0.639. The van der Waals surface area contributed by atoms with Gasteiger partial charge in [0.15, 0.2) is 0 Å². The Kier molecular flexibility index (Phi) is 3.72. The minimum Gasteiger partial charge on any atom is -0.377 e. The lowest BCUT2D eigenvalue weighted by molar-refractivity contribution is 0.127. The summed E-state index contributed by atoms with van der Waals surface area (Å²) in [5, 5.41) is 0. The second-order valence-electron chi connectivity index (χ2n) is 2.94. The van der Waals surface area contributed by atoms with Gasteiger partial charge in [-0.1, -0.05) is 5.92 Å². The van der Waals surface area contributed by atoms with Crippen molar-refractivity contribution in [3.63, 3.8) is 0 Å². The maximum absolute atomic E-state index is 11.3. The lowest BCUT2D eigenvalue weighted by Gasteiger charge is -2.09. The first-order valence-electron chi connectivity index (χ1n) is 4.16. The molecule has 1 atom stereocenters. The summed E-state index contributed by atoms with van der Waals surface area (Å²) in [6.45, 7) is 0.713. The molecule has 0 saturated carbocycles. The zero-order chi connectivity index (χ0) is 9.73. The number of rotatable bonds is 4. The van der Waals surface area contributed by atoms with Crippen LogP contribution >= 0.6 is 0 Å². The molecule has 1 rings (SSSR count). The maximum atomic E-state index is 11.3. The van der Waals surface area contributed by atoms with Crippen LogP contribution in [0.15, 0.2) is 0 Å². The lowest BCUT2D eigenvalue weighted by atomic mass is 10.3.